The Hall–Kier alpha value is -0.280. The van der Waals surface area contributed by atoms with E-state index >= 15 is 0 Å². The molecule has 0 aromatic heterocycles. The summed E-state index contributed by atoms with van der Waals surface area (Å²) in [6.45, 7) is 3.02. The fourth-order valence-corrected chi connectivity index (χ4v) is 2.35. The number of nitrogens with one attached hydrogen (secondary N) is 1. The van der Waals surface area contributed by atoms with Gasteiger partial charge in [-0.2, -0.15) is 0 Å². The van der Waals surface area contributed by atoms with Crippen LogP contribution in [0.5, 0.6) is 0 Å². The van der Waals surface area contributed by atoms with E-state index in [0.29, 0.717) is 16.0 Å². The van der Waals surface area contributed by atoms with E-state index in [1.807, 2.05) is 19.2 Å². The normalized spacial score (nSPS) is 14.8. The predicted octanol–water partition coefficient (Wildman–Crippen LogP) is 3.24. The molecule has 0 amide bonds. The van der Waals surface area contributed by atoms with Crippen LogP contribution < -0.4 is 11.1 Å². The second-order valence-electron chi connectivity index (χ2n) is 3.92. The maximum absolute atomic E-state index is 6.22. The highest BCUT2D eigenvalue weighted by Gasteiger charge is 2.19. The summed E-state index contributed by atoms with van der Waals surface area (Å²) in [6, 6.07) is 5.43. The first kappa shape index (κ1) is 13.8. The smallest absolute Gasteiger partial charge is 0.0468 e. The third kappa shape index (κ3) is 3.36. The van der Waals surface area contributed by atoms with Crippen LogP contribution in [0.1, 0.15) is 24.9 Å². The Labute approximate surface area is 107 Å². The minimum atomic E-state index is -0.0535. The van der Waals surface area contributed by atoms with Gasteiger partial charge in [-0.3, -0.25) is 0 Å². The zero-order valence-corrected chi connectivity index (χ0v) is 11.1. The van der Waals surface area contributed by atoms with Gasteiger partial charge in [0.25, 0.3) is 0 Å². The maximum atomic E-state index is 6.22. The van der Waals surface area contributed by atoms with Gasteiger partial charge in [0.1, 0.15) is 0 Å². The average molecular weight is 261 g/mol. The summed E-state index contributed by atoms with van der Waals surface area (Å²) in [6.07, 6.45) is 1.01. The van der Waals surface area contributed by atoms with Gasteiger partial charge in [-0.05, 0) is 37.2 Å². The topological polar surface area (TPSA) is 38.0 Å². The fourth-order valence-electron chi connectivity index (χ4n) is 1.81. The molecule has 2 unspecified atom stereocenters. The van der Waals surface area contributed by atoms with Crippen molar-refractivity contribution in [2.24, 2.45) is 11.7 Å². The van der Waals surface area contributed by atoms with E-state index in [4.69, 9.17) is 28.9 Å². The van der Waals surface area contributed by atoms with Gasteiger partial charge in [0.05, 0.1) is 0 Å². The summed E-state index contributed by atoms with van der Waals surface area (Å²) < 4.78 is 0. The Morgan fingerprint density at radius 1 is 1.38 bits per heavy atom. The second kappa shape index (κ2) is 6.45. The first-order valence-electron chi connectivity index (χ1n) is 5.45. The number of hydrogen-bond donors (Lipinski definition) is 2. The summed E-state index contributed by atoms with van der Waals surface area (Å²) in [5.41, 5.74) is 7.19. The number of benzene rings is 1. The highest BCUT2D eigenvalue weighted by atomic mass is 35.5. The summed E-state index contributed by atoms with van der Waals surface area (Å²) in [4.78, 5) is 0. The first-order valence-corrected chi connectivity index (χ1v) is 6.20. The molecule has 0 bridgehead atoms. The van der Waals surface area contributed by atoms with E-state index in [1.165, 1.54) is 0 Å². The molecule has 2 nitrogen and oxygen atoms in total. The Bertz CT molecular complexity index is 342. The van der Waals surface area contributed by atoms with Crippen molar-refractivity contribution >= 4 is 23.2 Å². The molecule has 1 aromatic rings. The Morgan fingerprint density at radius 3 is 2.56 bits per heavy atom. The maximum Gasteiger partial charge on any atom is 0.0468 e. The molecule has 1 aromatic carbocycles. The Kier molecular flexibility index (Phi) is 5.56. The zero-order valence-electron chi connectivity index (χ0n) is 9.63. The standard InChI is InChI=1S/C12H18Cl2N2/c1-3-8(7-16-2)12(15)10-5-4-9(13)6-11(10)14/h4-6,8,12,16H,3,7,15H2,1-2H3. The molecular weight excluding hydrogens is 243 g/mol. The van der Waals surface area contributed by atoms with E-state index in [2.05, 4.69) is 12.2 Å². The van der Waals surface area contributed by atoms with Crippen LogP contribution in [0.4, 0.5) is 0 Å². The van der Waals surface area contributed by atoms with Crippen molar-refractivity contribution in [3.05, 3.63) is 33.8 Å². The molecule has 0 fully saturated rings. The van der Waals surface area contributed by atoms with Gasteiger partial charge in [-0.1, -0.05) is 42.6 Å². The highest BCUT2D eigenvalue weighted by Crippen LogP contribution is 2.30. The van der Waals surface area contributed by atoms with Gasteiger partial charge in [-0.25, -0.2) is 0 Å². The average Bonchev–Trinajstić information content (AvgIpc) is 2.25. The third-order valence-electron chi connectivity index (χ3n) is 2.82. The molecule has 0 radical (unpaired) electrons. The highest BCUT2D eigenvalue weighted by molar-refractivity contribution is 6.35. The summed E-state index contributed by atoms with van der Waals surface area (Å²) >= 11 is 12.0. The molecule has 0 aliphatic heterocycles. The molecule has 0 spiro atoms. The van der Waals surface area contributed by atoms with Crippen molar-refractivity contribution in [3.8, 4) is 0 Å². The molecule has 4 heteroatoms. The van der Waals surface area contributed by atoms with Crippen LogP contribution in [0.15, 0.2) is 18.2 Å². The van der Waals surface area contributed by atoms with Crippen LogP contribution in [-0.4, -0.2) is 13.6 Å². The summed E-state index contributed by atoms with van der Waals surface area (Å²) in [5, 5.41) is 4.44. The molecular formula is C12H18Cl2N2. The van der Waals surface area contributed by atoms with Gasteiger partial charge >= 0.3 is 0 Å². The van der Waals surface area contributed by atoms with Crippen molar-refractivity contribution in [2.45, 2.75) is 19.4 Å². The van der Waals surface area contributed by atoms with Gasteiger partial charge < -0.3 is 11.1 Å². The zero-order chi connectivity index (χ0) is 12.1. The van der Waals surface area contributed by atoms with E-state index in [1.54, 1.807) is 6.07 Å². The van der Waals surface area contributed by atoms with E-state index in [-0.39, 0.29) is 6.04 Å². The number of rotatable bonds is 5. The minimum Gasteiger partial charge on any atom is -0.324 e. The van der Waals surface area contributed by atoms with Gasteiger partial charge in [0.2, 0.25) is 0 Å². The fraction of sp³-hybridized carbons (Fsp3) is 0.500. The van der Waals surface area contributed by atoms with Crippen molar-refractivity contribution in [1.29, 1.82) is 0 Å². The molecule has 0 heterocycles. The van der Waals surface area contributed by atoms with E-state index in [0.717, 1.165) is 18.5 Å². The molecule has 2 atom stereocenters. The monoisotopic (exact) mass is 260 g/mol. The minimum absolute atomic E-state index is 0.0535. The lowest BCUT2D eigenvalue weighted by Gasteiger charge is -2.23. The molecule has 0 aliphatic carbocycles. The van der Waals surface area contributed by atoms with Crippen molar-refractivity contribution < 1.29 is 0 Å². The van der Waals surface area contributed by atoms with E-state index in [9.17, 15) is 0 Å². The number of hydrogen-bond acceptors (Lipinski definition) is 2. The van der Waals surface area contributed by atoms with Crippen LogP contribution in [-0.2, 0) is 0 Å². The van der Waals surface area contributed by atoms with E-state index < -0.39 is 0 Å². The molecule has 90 valence electrons. The Balaban J connectivity index is 2.89. The lowest BCUT2D eigenvalue weighted by molar-refractivity contribution is 0.403. The lowest BCUT2D eigenvalue weighted by atomic mass is 9.91. The first-order chi connectivity index (χ1) is 7.60. The van der Waals surface area contributed by atoms with Crippen LogP contribution >= 0.6 is 23.2 Å². The summed E-state index contributed by atoms with van der Waals surface area (Å²) in [5.74, 6) is 0.378. The number of halogens is 2. The molecule has 16 heavy (non-hydrogen) atoms. The molecule has 0 saturated heterocycles. The predicted molar refractivity (Wildman–Crippen MR) is 71.1 cm³/mol. The van der Waals surface area contributed by atoms with Gasteiger partial charge in [0.15, 0.2) is 0 Å². The van der Waals surface area contributed by atoms with Crippen molar-refractivity contribution in [2.75, 3.05) is 13.6 Å². The van der Waals surface area contributed by atoms with Crippen LogP contribution in [0.25, 0.3) is 0 Å². The van der Waals surface area contributed by atoms with Crippen LogP contribution in [0.2, 0.25) is 10.0 Å². The third-order valence-corrected chi connectivity index (χ3v) is 3.38. The van der Waals surface area contributed by atoms with Crippen molar-refractivity contribution in [3.63, 3.8) is 0 Å². The Morgan fingerprint density at radius 2 is 2.06 bits per heavy atom. The molecule has 0 saturated carbocycles. The summed E-state index contributed by atoms with van der Waals surface area (Å²) in [7, 11) is 1.93. The second-order valence-corrected chi connectivity index (χ2v) is 4.76. The SMILES string of the molecule is CCC(CNC)C(N)c1ccc(Cl)cc1Cl. The molecule has 0 aliphatic rings. The molecule has 1 rings (SSSR count). The largest absolute Gasteiger partial charge is 0.324 e. The number of nitrogens with two attached hydrogens (primary N) is 1. The van der Waals surface area contributed by atoms with Gasteiger partial charge in [-0.15, -0.1) is 0 Å². The van der Waals surface area contributed by atoms with Crippen molar-refractivity contribution in [1.82, 2.24) is 5.32 Å². The quantitative estimate of drug-likeness (QED) is 0.853. The lowest BCUT2D eigenvalue weighted by Crippen LogP contribution is -2.29. The van der Waals surface area contributed by atoms with Crippen LogP contribution in [0.3, 0.4) is 0 Å². The van der Waals surface area contributed by atoms with Gasteiger partial charge in [0, 0.05) is 16.1 Å². The molecule has 3 N–H and O–H groups in total. The van der Waals surface area contributed by atoms with Crippen LogP contribution in [0, 0.1) is 5.92 Å².